The number of hydrogen-bond acceptors (Lipinski definition) is 6. The van der Waals surface area contributed by atoms with Crippen molar-refractivity contribution < 1.29 is 18.0 Å². The van der Waals surface area contributed by atoms with Crippen LogP contribution >= 0.6 is 11.6 Å². The summed E-state index contributed by atoms with van der Waals surface area (Å²) in [5.41, 5.74) is 4.83. The quantitative estimate of drug-likeness (QED) is 0.596. The molecule has 31 heavy (non-hydrogen) atoms. The minimum absolute atomic E-state index is 0.0122. The molecule has 2 aromatic heterocycles. The summed E-state index contributed by atoms with van der Waals surface area (Å²) < 4.78 is 41.6. The number of primary amides is 1. The predicted molar refractivity (Wildman–Crippen MR) is 107 cm³/mol. The number of nitrogens with two attached hydrogens (primary N) is 1. The van der Waals surface area contributed by atoms with Gasteiger partial charge in [-0.15, -0.1) is 10.2 Å². The van der Waals surface area contributed by atoms with Crippen LogP contribution in [0.4, 0.5) is 19.1 Å². The van der Waals surface area contributed by atoms with Gasteiger partial charge in [0.05, 0.1) is 16.9 Å². The number of alkyl halides is 2. The van der Waals surface area contributed by atoms with Gasteiger partial charge < -0.3 is 11.1 Å². The molecule has 7 nitrogen and oxygen atoms in total. The minimum Gasteiger partial charge on any atom is -0.366 e. The number of aromatic nitrogens is 4. The number of pyridine rings is 1. The van der Waals surface area contributed by atoms with E-state index in [0.29, 0.717) is 10.7 Å². The number of carbonyl (C=O) groups excluding carboxylic acids is 1. The fraction of sp³-hybridized carbons (Fsp3) is 0.250. The molecule has 11 heteroatoms. The molecule has 1 aliphatic rings. The van der Waals surface area contributed by atoms with Crippen molar-refractivity contribution >= 4 is 23.5 Å². The molecule has 3 N–H and O–H groups in total. The Balaban J connectivity index is 1.54. The van der Waals surface area contributed by atoms with Gasteiger partial charge >= 0.3 is 0 Å². The third kappa shape index (κ3) is 4.15. The maximum absolute atomic E-state index is 14.1. The number of nitrogens with zero attached hydrogens (tertiary/aromatic N) is 4. The van der Waals surface area contributed by atoms with Crippen molar-refractivity contribution in [2.24, 2.45) is 5.73 Å². The van der Waals surface area contributed by atoms with Gasteiger partial charge in [-0.2, -0.15) is 0 Å². The lowest BCUT2D eigenvalue weighted by atomic mass is 9.63. The maximum atomic E-state index is 14.1. The van der Waals surface area contributed by atoms with E-state index < -0.39 is 35.9 Å². The Labute approximate surface area is 179 Å². The Bertz CT molecular complexity index is 1130. The second-order valence-electron chi connectivity index (χ2n) is 7.40. The number of rotatable bonds is 6. The molecule has 0 aliphatic heterocycles. The zero-order valence-electron chi connectivity index (χ0n) is 15.9. The monoisotopic (exact) mass is 448 g/mol. The van der Waals surface area contributed by atoms with Crippen molar-refractivity contribution in [2.75, 3.05) is 11.9 Å². The van der Waals surface area contributed by atoms with Gasteiger partial charge in [0.2, 0.25) is 17.8 Å². The van der Waals surface area contributed by atoms with Gasteiger partial charge in [0.25, 0.3) is 0 Å². The van der Waals surface area contributed by atoms with E-state index in [1.54, 1.807) is 12.1 Å². The van der Waals surface area contributed by atoms with Gasteiger partial charge in [0, 0.05) is 42.1 Å². The van der Waals surface area contributed by atoms with Crippen molar-refractivity contribution in [1.29, 1.82) is 0 Å². The highest BCUT2D eigenvalue weighted by Crippen LogP contribution is 2.54. The van der Waals surface area contributed by atoms with E-state index in [-0.39, 0.29) is 29.3 Å². The standard InChI is InChI=1S/C20H16ClF3N6O/c21-13-2-1-5-26-16(13)19(8-20(23,24)9-19)10-28-18-27-7-15(29-30-18)12-6-11(17(25)31)3-4-14(12)22/h1-7H,8-10H2,(H2,25,31)(H,27,28,30). The van der Waals surface area contributed by atoms with Gasteiger partial charge in [-0.25, -0.2) is 18.2 Å². The lowest BCUT2D eigenvalue weighted by Gasteiger charge is -2.47. The minimum atomic E-state index is -2.81. The topological polar surface area (TPSA) is 107 Å². The molecule has 1 aromatic carbocycles. The highest BCUT2D eigenvalue weighted by Gasteiger charge is 2.58. The van der Waals surface area contributed by atoms with E-state index in [1.807, 2.05) is 0 Å². The van der Waals surface area contributed by atoms with E-state index >= 15 is 0 Å². The smallest absolute Gasteiger partial charge is 0.250 e. The van der Waals surface area contributed by atoms with Crippen LogP contribution in [-0.4, -0.2) is 38.5 Å². The first-order valence-electron chi connectivity index (χ1n) is 9.21. The van der Waals surface area contributed by atoms with Crippen molar-refractivity contribution in [3.8, 4) is 11.3 Å². The summed E-state index contributed by atoms with van der Waals surface area (Å²) in [6, 6.07) is 6.84. The fourth-order valence-corrected chi connectivity index (χ4v) is 4.02. The van der Waals surface area contributed by atoms with Crippen LogP contribution in [0.15, 0.2) is 42.7 Å². The maximum Gasteiger partial charge on any atom is 0.250 e. The molecule has 0 spiro atoms. The second kappa shape index (κ2) is 7.77. The Morgan fingerprint density at radius 1 is 1.19 bits per heavy atom. The largest absolute Gasteiger partial charge is 0.366 e. The average Bonchev–Trinajstić information content (AvgIpc) is 2.71. The molecule has 3 aromatic rings. The summed E-state index contributed by atoms with van der Waals surface area (Å²) >= 11 is 6.19. The zero-order chi connectivity index (χ0) is 22.2. The number of amides is 1. The summed E-state index contributed by atoms with van der Waals surface area (Å²) in [6.07, 6.45) is 1.93. The summed E-state index contributed by atoms with van der Waals surface area (Å²) in [5, 5.41) is 11.0. The molecule has 0 radical (unpaired) electrons. The van der Waals surface area contributed by atoms with Gasteiger partial charge in [0.1, 0.15) is 11.5 Å². The number of nitrogens with one attached hydrogen (secondary N) is 1. The van der Waals surface area contributed by atoms with Crippen LogP contribution in [0.1, 0.15) is 28.9 Å². The van der Waals surface area contributed by atoms with Gasteiger partial charge in [-0.1, -0.05) is 11.6 Å². The number of benzene rings is 1. The van der Waals surface area contributed by atoms with Crippen molar-refractivity contribution in [3.05, 3.63) is 64.8 Å². The Morgan fingerprint density at radius 2 is 1.97 bits per heavy atom. The zero-order valence-corrected chi connectivity index (χ0v) is 16.7. The van der Waals surface area contributed by atoms with Crippen molar-refractivity contribution in [1.82, 2.24) is 20.2 Å². The van der Waals surface area contributed by atoms with E-state index in [2.05, 4.69) is 25.5 Å². The molecule has 1 saturated carbocycles. The second-order valence-corrected chi connectivity index (χ2v) is 7.81. The molecule has 2 heterocycles. The van der Waals surface area contributed by atoms with Crippen LogP contribution in [0.5, 0.6) is 0 Å². The highest BCUT2D eigenvalue weighted by atomic mass is 35.5. The van der Waals surface area contributed by atoms with E-state index in [4.69, 9.17) is 17.3 Å². The van der Waals surface area contributed by atoms with Gasteiger partial charge in [-0.3, -0.25) is 9.78 Å². The normalized spacial score (nSPS) is 16.4. The van der Waals surface area contributed by atoms with Crippen molar-refractivity contribution in [2.45, 2.75) is 24.2 Å². The first-order chi connectivity index (χ1) is 14.7. The molecule has 0 unspecified atom stereocenters. The number of hydrogen-bond donors (Lipinski definition) is 2. The molecule has 0 saturated heterocycles. The van der Waals surface area contributed by atoms with Crippen LogP contribution in [-0.2, 0) is 5.41 Å². The average molecular weight is 449 g/mol. The van der Waals surface area contributed by atoms with Crippen LogP contribution in [0, 0.1) is 5.82 Å². The van der Waals surface area contributed by atoms with E-state index in [0.717, 1.165) is 6.07 Å². The van der Waals surface area contributed by atoms with Crippen molar-refractivity contribution in [3.63, 3.8) is 0 Å². The lowest BCUT2D eigenvalue weighted by Crippen LogP contribution is -2.54. The fourth-order valence-electron chi connectivity index (χ4n) is 3.69. The summed E-state index contributed by atoms with van der Waals surface area (Å²) in [5.74, 6) is -4.08. The molecule has 160 valence electrons. The molecule has 4 rings (SSSR count). The van der Waals surface area contributed by atoms with Crippen LogP contribution in [0.3, 0.4) is 0 Å². The Morgan fingerprint density at radius 3 is 2.58 bits per heavy atom. The lowest BCUT2D eigenvalue weighted by molar-refractivity contribution is -0.123. The summed E-state index contributed by atoms with van der Waals surface area (Å²) in [6.45, 7) is 0.0614. The predicted octanol–water partition coefficient (Wildman–Crippen LogP) is 3.60. The van der Waals surface area contributed by atoms with Crippen LogP contribution < -0.4 is 11.1 Å². The first kappa shape index (κ1) is 21.0. The van der Waals surface area contributed by atoms with Crippen LogP contribution in [0.2, 0.25) is 5.02 Å². The molecule has 0 atom stereocenters. The molecule has 0 bridgehead atoms. The summed E-state index contributed by atoms with van der Waals surface area (Å²) in [4.78, 5) is 19.6. The molecular formula is C20H16ClF3N6O. The van der Waals surface area contributed by atoms with Gasteiger partial charge in [0.15, 0.2) is 0 Å². The number of halogens is 4. The number of carbonyl (C=O) groups is 1. The molecule has 1 fully saturated rings. The third-order valence-electron chi connectivity index (χ3n) is 5.13. The highest BCUT2D eigenvalue weighted by molar-refractivity contribution is 6.31. The van der Waals surface area contributed by atoms with Crippen LogP contribution in [0.25, 0.3) is 11.3 Å². The van der Waals surface area contributed by atoms with E-state index in [1.165, 1.54) is 24.5 Å². The third-order valence-corrected chi connectivity index (χ3v) is 5.43. The summed E-state index contributed by atoms with van der Waals surface area (Å²) in [7, 11) is 0. The molecule has 1 amide bonds. The van der Waals surface area contributed by atoms with E-state index in [9.17, 15) is 18.0 Å². The van der Waals surface area contributed by atoms with Gasteiger partial charge in [-0.05, 0) is 30.3 Å². The number of anilines is 1. The Kier molecular flexibility index (Phi) is 5.26. The first-order valence-corrected chi connectivity index (χ1v) is 9.59. The molecule has 1 aliphatic carbocycles. The molecular weight excluding hydrogens is 433 g/mol. The SMILES string of the molecule is NC(=O)c1ccc(F)c(-c2cnc(NCC3(c4ncccc4Cl)CC(F)(F)C3)nn2)c1. The Hall–Kier alpha value is -3.27.